The van der Waals surface area contributed by atoms with Crippen LogP contribution in [0.1, 0.15) is 24.5 Å². The van der Waals surface area contributed by atoms with E-state index < -0.39 is 28.5 Å². The highest BCUT2D eigenvalue weighted by Crippen LogP contribution is 2.27. The van der Waals surface area contributed by atoms with E-state index in [1.807, 2.05) is 38.1 Å². The van der Waals surface area contributed by atoms with Gasteiger partial charge in [0.1, 0.15) is 12.6 Å². The summed E-state index contributed by atoms with van der Waals surface area (Å²) in [4.78, 5) is 28.1. The molecule has 1 atom stereocenters. The number of carbonyl (C=O) groups is 2. The van der Waals surface area contributed by atoms with Gasteiger partial charge in [0.05, 0.1) is 10.6 Å². The maximum atomic E-state index is 13.8. The van der Waals surface area contributed by atoms with Crippen molar-refractivity contribution in [1.29, 1.82) is 0 Å². The van der Waals surface area contributed by atoms with Crippen molar-refractivity contribution in [3.63, 3.8) is 0 Å². The number of nitrogens with one attached hydrogen (secondary N) is 1. The molecule has 3 aromatic rings. The fourth-order valence-corrected chi connectivity index (χ4v) is 5.79. The molecule has 3 rings (SSSR count). The third-order valence-corrected chi connectivity index (χ3v) is 8.06. The van der Waals surface area contributed by atoms with Crippen LogP contribution in [-0.4, -0.2) is 44.8 Å². The maximum Gasteiger partial charge on any atom is 0.264 e. The van der Waals surface area contributed by atoms with Gasteiger partial charge in [0, 0.05) is 18.1 Å². The summed E-state index contributed by atoms with van der Waals surface area (Å²) in [6.45, 7) is 3.48. The Kier molecular flexibility index (Phi) is 9.28. The Bertz CT molecular complexity index is 1320. The molecule has 0 spiro atoms. The minimum atomic E-state index is -4.07. The smallest absolute Gasteiger partial charge is 0.264 e. The van der Waals surface area contributed by atoms with Crippen molar-refractivity contribution in [2.75, 3.05) is 17.9 Å². The van der Waals surface area contributed by atoms with E-state index in [2.05, 4.69) is 21.2 Å². The predicted molar refractivity (Wildman–Crippen MR) is 145 cm³/mol. The molecule has 0 aliphatic carbocycles. The molecule has 0 bridgehead atoms. The first-order valence-electron chi connectivity index (χ1n) is 11.6. The Hall–Kier alpha value is -3.17. The second kappa shape index (κ2) is 12.2. The minimum absolute atomic E-state index is 0.0707. The first-order valence-corrected chi connectivity index (χ1v) is 13.8. The molecule has 36 heavy (non-hydrogen) atoms. The molecular formula is C27H30BrN3O4S. The van der Waals surface area contributed by atoms with Crippen molar-refractivity contribution in [2.45, 2.75) is 37.8 Å². The lowest BCUT2D eigenvalue weighted by Crippen LogP contribution is -2.51. The van der Waals surface area contributed by atoms with Crippen LogP contribution in [0.5, 0.6) is 0 Å². The Balaban J connectivity index is 2.05. The van der Waals surface area contributed by atoms with Crippen molar-refractivity contribution in [2.24, 2.45) is 0 Å². The summed E-state index contributed by atoms with van der Waals surface area (Å²) >= 11 is 3.39. The van der Waals surface area contributed by atoms with Crippen LogP contribution in [0.15, 0.2) is 88.2 Å². The summed E-state index contributed by atoms with van der Waals surface area (Å²) in [5, 5.41) is 2.63. The van der Waals surface area contributed by atoms with Crippen LogP contribution in [0.3, 0.4) is 0 Å². The minimum Gasteiger partial charge on any atom is -0.357 e. The number of likely N-dealkylation sites (N-methyl/N-ethyl adjacent to an activating group) is 1. The van der Waals surface area contributed by atoms with Gasteiger partial charge in [-0.25, -0.2) is 8.42 Å². The van der Waals surface area contributed by atoms with Gasteiger partial charge in [0.15, 0.2) is 0 Å². The zero-order valence-corrected chi connectivity index (χ0v) is 22.9. The van der Waals surface area contributed by atoms with E-state index in [-0.39, 0.29) is 17.3 Å². The van der Waals surface area contributed by atoms with E-state index in [9.17, 15) is 18.0 Å². The van der Waals surface area contributed by atoms with Crippen molar-refractivity contribution in [3.05, 3.63) is 94.5 Å². The van der Waals surface area contributed by atoms with Crippen LogP contribution in [0.2, 0.25) is 0 Å². The number of carbonyl (C=O) groups excluding carboxylic acids is 2. The SMILES string of the molecule is CCC(C(=O)NC)N(Cc1cccc(C)c1)C(=O)CN(c1cccc(Br)c1)S(=O)(=O)c1ccccc1. The average Bonchev–Trinajstić information content (AvgIpc) is 2.87. The van der Waals surface area contributed by atoms with Gasteiger partial charge in [0.2, 0.25) is 11.8 Å². The van der Waals surface area contributed by atoms with Gasteiger partial charge in [-0.3, -0.25) is 13.9 Å². The van der Waals surface area contributed by atoms with Gasteiger partial charge >= 0.3 is 0 Å². The van der Waals surface area contributed by atoms with E-state index in [0.717, 1.165) is 15.4 Å². The summed E-state index contributed by atoms with van der Waals surface area (Å²) in [5.74, 6) is -0.787. The van der Waals surface area contributed by atoms with Gasteiger partial charge in [-0.2, -0.15) is 0 Å². The Labute approximate surface area is 221 Å². The van der Waals surface area contributed by atoms with E-state index in [0.29, 0.717) is 16.6 Å². The molecule has 0 saturated carbocycles. The fraction of sp³-hybridized carbons (Fsp3) is 0.259. The Morgan fingerprint density at radius 3 is 2.28 bits per heavy atom. The number of sulfonamides is 1. The Morgan fingerprint density at radius 1 is 0.972 bits per heavy atom. The van der Waals surface area contributed by atoms with Gasteiger partial charge in [-0.1, -0.05) is 76.9 Å². The summed E-state index contributed by atoms with van der Waals surface area (Å²) in [6, 6.07) is 21.7. The number of amides is 2. The monoisotopic (exact) mass is 571 g/mol. The normalized spacial score (nSPS) is 12.0. The standard InChI is InChI=1S/C27H30BrN3O4S/c1-4-25(27(33)29-3)30(18-21-11-8-10-20(2)16-21)26(32)19-31(23-13-9-12-22(28)17-23)36(34,35)24-14-6-5-7-15-24/h5-17,25H,4,18-19H2,1-3H3,(H,29,33). The molecule has 9 heteroatoms. The highest BCUT2D eigenvalue weighted by molar-refractivity contribution is 9.10. The Morgan fingerprint density at radius 2 is 1.67 bits per heavy atom. The summed E-state index contributed by atoms with van der Waals surface area (Å²) in [6.07, 6.45) is 0.375. The maximum absolute atomic E-state index is 13.8. The molecule has 0 aromatic heterocycles. The fourth-order valence-electron chi connectivity index (χ4n) is 3.97. The number of anilines is 1. The van der Waals surface area contributed by atoms with E-state index in [4.69, 9.17) is 0 Å². The molecule has 2 amide bonds. The number of hydrogen-bond donors (Lipinski definition) is 1. The van der Waals surface area contributed by atoms with Crippen molar-refractivity contribution in [1.82, 2.24) is 10.2 Å². The quantitative estimate of drug-likeness (QED) is 0.388. The zero-order valence-electron chi connectivity index (χ0n) is 20.5. The highest BCUT2D eigenvalue weighted by Gasteiger charge is 2.33. The van der Waals surface area contributed by atoms with Gasteiger partial charge in [-0.05, 0) is 49.2 Å². The summed E-state index contributed by atoms with van der Waals surface area (Å²) < 4.78 is 29.2. The van der Waals surface area contributed by atoms with E-state index in [1.165, 1.54) is 24.1 Å². The van der Waals surface area contributed by atoms with Crippen LogP contribution < -0.4 is 9.62 Å². The van der Waals surface area contributed by atoms with Crippen molar-refractivity contribution >= 4 is 43.5 Å². The van der Waals surface area contributed by atoms with Crippen LogP contribution in [0.25, 0.3) is 0 Å². The number of aryl methyl sites for hydroxylation is 1. The largest absolute Gasteiger partial charge is 0.357 e. The second-order valence-electron chi connectivity index (χ2n) is 8.35. The first-order chi connectivity index (χ1) is 17.2. The highest BCUT2D eigenvalue weighted by atomic mass is 79.9. The van der Waals surface area contributed by atoms with Gasteiger partial charge < -0.3 is 10.2 Å². The number of benzene rings is 3. The van der Waals surface area contributed by atoms with Crippen molar-refractivity contribution in [3.8, 4) is 0 Å². The molecule has 0 saturated heterocycles. The molecule has 1 N–H and O–H groups in total. The van der Waals surface area contributed by atoms with Crippen LogP contribution in [-0.2, 0) is 26.2 Å². The topological polar surface area (TPSA) is 86.8 Å². The molecule has 0 heterocycles. The van der Waals surface area contributed by atoms with Gasteiger partial charge in [0.25, 0.3) is 10.0 Å². The molecule has 0 aliphatic rings. The third kappa shape index (κ3) is 6.53. The summed E-state index contributed by atoms with van der Waals surface area (Å²) in [5.41, 5.74) is 2.21. The lowest BCUT2D eigenvalue weighted by atomic mass is 10.1. The number of nitrogens with zero attached hydrogens (tertiary/aromatic N) is 2. The van der Waals surface area contributed by atoms with Crippen LogP contribution in [0.4, 0.5) is 5.69 Å². The molecular weight excluding hydrogens is 542 g/mol. The molecule has 190 valence electrons. The molecule has 3 aromatic carbocycles. The summed E-state index contributed by atoms with van der Waals surface area (Å²) in [7, 11) is -2.55. The van der Waals surface area contributed by atoms with Crippen molar-refractivity contribution < 1.29 is 18.0 Å². The number of halogens is 1. The molecule has 0 aliphatic heterocycles. The molecule has 7 nitrogen and oxygen atoms in total. The predicted octanol–water partition coefficient (Wildman–Crippen LogP) is 4.51. The molecule has 0 fully saturated rings. The lowest BCUT2D eigenvalue weighted by Gasteiger charge is -2.33. The molecule has 0 radical (unpaired) electrons. The second-order valence-corrected chi connectivity index (χ2v) is 11.1. The average molecular weight is 573 g/mol. The third-order valence-electron chi connectivity index (χ3n) is 5.77. The molecule has 1 unspecified atom stereocenters. The van der Waals surface area contributed by atoms with E-state index in [1.54, 1.807) is 42.5 Å². The first kappa shape index (κ1) is 27.4. The number of hydrogen-bond acceptors (Lipinski definition) is 4. The lowest BCUT2D eigenvalue weighted by molar-refractivity contribution is -0.140. The van der Waals surface area contributed by atoms with Gasteiger partial charge in [-0.15, -0.1) is 0 Å². The van der Waals surface area contributed by atoms with Crippen LogP contribution in [0, 0.1) is 6.92 Å². The number of rotatable bonds is 10. The zero-order chi connectivity index (χ0) is 26.3. The van der Waals surface area contributed by atoms with E-state index >= 15 is 0 Å². The van der Waals surface area contributed by atoms with Crippen LogP contribution >= 0.6 is 15.9 Å².